The number of fused-ring (bicyclic) bond motifs is 1. The Morgan fingerprint density at radius 2 is 1.96 bits per heavy atom. The summed E-state index contributed by atoms with van der Waals surface area (Å²) in [4.78, 5) is 16.1. The Bertz CT molecular complexity index is 1070. The lowest BCUT2D eigenvalue weighted by molar-refractivity contribution is -0.117. The molecule has 0 bridgehead atoms. The third-order valence-corrected chi connectivity index (χ3v) is 4.67. The zero-order valence-electron chi connectivity index (χ0n) is 14.6. The molecule has 1 atom stereocenters. The summed E-state index contributed by atoms with van der Waals surface area (Å²) in [6, 6.07) is 13.0. The minimum Gasteiger partial charge on any atom is -0.399 e. The van der Waals surface area contributed by atoms with E-state index in [9.17, 15) is 4.79 Å². The highest BCUT2D eigenvalue weighted by atomic mass is 16.1. The number of nitrogens with two attached hydrogens (primary N) is 2. The molecule has 2 aromatic carbocycles. The molecule has 4 aromatic rings. The fourth-order valence-electron chi connectivity index (χ4n) is 3.24. The highest BCUT2D eigenvalue weighted by molar-refractivity contribution is 6.07. The molecule has 136 valence electrons. The van der Waals surface area contributed by atoms with Gasteiger partial charge in [-0.05, 0) is 23.8 Å². The van der Waals surface area contributed by atoms with Crippen LogP contribution in [0.1, 0.15) is 11.5 Å². The van der Waals surface area contributed by atoms with E-state index in [1.807, 2.05) is 42.7 Å². The van der Waals surface area contributed by atoms with E-state index in [2.05, 4.69) is 20.5 Å². The van der Waals surface area contributed by atoms with Crippen LogP contribution in [0, 0.1) is 0 Å². The molecule has 7 N–H and O–H groups in total. The number of carbonyl (C=O) groups is 1. The maximum Gasteiger partial charge on any atom is 0.233 e. The Kier molecular flexibility index (Phi) is 4.35. The first-order valence-electron chi connectivity index (χ1n) is 8.63. The van der Waals surface area contributed by atoms with Crippen LogP contribution in [0.25, 0.3) is 22.0 Å². The second-order valence-corrected chi connectivity index (χ2v) is 6.36. The van der Waals surface area contributed by atoms with Crippen LogP contribution >= 0.6 is 0 Å². The number of amides is 1. The highest BCUT2D eigenvalue weighted by Gasteiger charge is 2.20. The first-order chi connectivity index (χ1) is 13.2. The van der Waals surface area contributed by atoms with E-state index in [0.29, 0.717) is 11.4 Å². The van der Waals surface area contributed by atoms with E-state index < -0.39 is 5.92 Å². The van der Waals surface area contributed by atoms with Crippen molar-refractivity contribution in [2.24, 2.45) is 5.73 Å². The monoisotopic (exact) mass is 360 g/mol. The number of rotatable bonds is 5. The van der Waals surface area contributed by atoms with Crippen molar-refractivity contribution in [3.63, 3.8) is 0 Å². The first kappa shape index (κ1) is 16.9. The number of hydrogen-bond donors (Lipinski definition) is 5. The molecule has 0 radical (unpaired) electrons. The van der Waals surface area contributed by atoms with Gasteiger partial charge < -0.3 is 21.8 Å². The Labute approximate surface area is 155 Å². The van der Waals surface area contributed by atoms with Gasteiger partial charge in [0.25, 0.3) is 0 Å². The number of aromatic nitrogens is 3. The van der Waals surface area contributed by atoms with Crippen LogP contribution in [0.4, 0.5) is 11.4 Å². The summed E-state index contributed by atoms with van der Waals surface area (Å²) in [6.45, 7) is 0.205. The van der Waals surface area contributed by atoms with Gasteiger partial charge >= 0.3 is 0 Å². The number of nitrogen functional groups attached to an aromatic ring is 1. The van der Waals surface area contributed by atoms with Gasteiger partial charge in [-0.3, -0.25) is 9.89 Å². The number of hydrogen-bond acceptors (Lipinski definition) is 4. The molecule has 7 heteroatoms. The third-order valence-electron chi connectivity index (χ3n) is 4.67. The summed E-state index contributed by atoms with van der Waals surface area (Å²) in [6.07, 6.45) is 5.50. The van der Waals surface area contributed by atoms with Gasteiger partial charge in [0.1, 0.15) is 0 Å². The molecule has 0 saturated heterocycles. The normalized spacial score (nSPS) is 12.2. The zero-order valence-corrected chi connectivity index (χ0v) is 14.6. The summed E-state index contributed by atoms with van der Waals surface area (Å²) in [5, 5.41) is 10.8. The molecule has 4 rings (SSSR count). The van der Waals surface area contributed by atoms with Crippen molar-refractivity contribution in [2.45, 2.75) is 5.92 Å². The summed E-state index contributed by atoms with van der Waals surface area (Å²) in [5.41, 5.74) is 16.6. The van der Waals surface area contributed by atoms with Gasteiger partial charge in [-0.25, -0.2) is 0 Å². The number of para-hydroxylation sites is 1. The Balaban J connectivity index is 1.64. The quantitative estimate of drug-likeness (QED) is 0.351. The zero-order chi connectivity index (χ0) is 18.8. The molecule has 27 heavy (non-hydrogen) atoms. The second-order valence-electron chi connectivity index (χ2n) is 6.36. The standard InChI is InChI=1S/C20H20N6O/c21-8-16(12-4-6-14(22)7-5-12)20(27)26-18-3-1-2-15-17(11-23-19(15)18)13-9-24-25-10-13/h1-7,9-11,16,23H,8,21-22H2,(H,24,25)(H,26,27). The number of nitrogens with one attached hydrogen (secondary N) is 3. The van der Waals surface area contributed by atoms with E-state index in [1.54, 1.807) is 18.3 Å². The van der Waals surface area contributed by atoms with Crippen LogP contribution in [-0.2, 0) is 4.79 Å². The molecule has 1 unspecified atom stereocenters. The Morgan fingerprint density at radius 1 is 1.15 bits per heavy atom. The molecule has 0 aliphatic rings. The number of carbonyl (C=O) groups excluding carboxylic acids is 1. The summed E-state index contributed by atoms with van der Waals surface area (Å²) >= 11 is 0. The molecule has 0 saturated carbocycles. The Hall–Kier alpha value is -3.58. The lowest BCUT2D eigenvalue weighted by Gasteiger charge is -2.16. The molecule has 2 aromatic heterocycles. The predicted molar refractivity (Wildman–Crippen MR) is 107 cm³/mol. The van der Waals surface area contributed by atoms with Gasteiger partial charge in [-0.1, -0.05) is 24.3 Å². The van der Waals surface area contributed by atoms with Crippen LogP contribution < -0.4 is 16.8 Å². The van der Waals surface area contributed by atoms with Crippen molar-refractivity contribution in [1.82, 2.24) is 15.2 Å². The fraction of sp³-hybridized carbons (Fsp3) is 0.100. The van der Waals surface area contributed by atoms with Crippen LogP contribution in [0.5, 0.6) is 0 Å². The van der Waals surface area contributed by atoms with Crippen LogP contribution in [0.2, 0.25) is 0 Å². The molecule has 0 fully saturated rings. The SMILES string of the molecule is NCC(C(=O)Nc1cccc2c(-c3cn[nH]c3)c[nH]c12)c1ccc(N)cc1. The second kappa shape index (κ2) is 6.97. The van der Waals surface area contributed by atoms with Gasteiger partial charge in [0.15, 0.2) is 0 Å². The van der Waals surface area contributed by atoms with E-state index in [4.69, 9.17) is 11.5 Å². The van der Waals surface area contributed by atoms with E-state index in [0.717, 1.165) is 27.6 Å². The number of benzene rings is 2. The molecular weight excluding hydrogens is 340 g/mol. The van der Waals surface area contributed by atoms with E-state index in [1.165, 1.54) is 0 Å². The number of H-pyrrole nitrogens is 2. The van der Waals surface area contributed by atoms with Gasteiger partial charge in [0.05, 0.1) is 23.3 Å². The lowest BCUT2D eigenvalue weighted by atomic mass is 9.98. The maximum atomic E-state index is 12.9. The maximum absolute atomic E-state index is 12.9. The predicted octanol–water partition coefficient (Wildman–Crippen LogP) is 2.82. The van der Waals surface area contributed by atoms with Gasteiger partial charge in [0.2, 0.25) is 5.91 Å². The van der Waals surface area contributed by atoms with Crippen molar-refractivity contribution in [2.75, 3.05) is 17.6 Å². The summed E-state index contributed by atoms with van der Waals surface area (Å²) in [5.74, 6) is -0.613. The molecule has 0 aliphatic heterocycles. The average molecular weight is 360 g/mol. The van der Waals surface area contributed by atoms with Gasteiger partial charge in [-0.15, -0.1) is 0 Å². The highest BCUT2D eigenvalue weighted by Crippen LogP contribution is 2.32. The fourth-order valence-corrected chi connectivity index (χ4v) is 3.24. The molecule has 7 nitrogen and oxygen atoms in total. The van der Waals surface area contributed by atoms with Crippen LogP contribution in [-0.4, -0.2) is 27.6 Å². The molecule has 1 amide bonds. The number of nitrogens with zero attached hydrogens (tertiary/aromatic N) is 1. The van der Waals surface area contributed by atoms with Crippen LogP contribution in [0.15, 0.2) is 61.1 Å². The minimum atomic E-state index is -0.454. The third kappa shape index (κ3) is 3.16. The van der Waals surface area contributed by atoms with E-state index >= 15 is 0 Å². The van der Waals surface area contributed by atoms with Gasteiger partial charge in [-0.2, -0.15) is 5.10 Å². The first-order valence-corrected chi connectivity index (χ1v) is 8.63. The largest absolute Gasteiger partial charge is 0.399 e. The number of aromatic amines is 2. The van der Waals surface area contributed by atoms with Crippen molar-refractivity contribution < 1.29 is 4.79 Å². The smallest absolute Gasteiger partial charge is 0.233 e. The minimum absolute atomic E-state index is 0.158. The topological polar surface area (TPSA) is 126 Å². The number of anilines is 2. The van der Waals surface area contributed by atoms with Crippen LogP contribution in [0.3, 0.4) is 0 Å². The lowest BCUT2D eigenvalue weighted by Crippen LogP contribution is -2.27. The van der Waals surface area contributed by atoms with Crippen molar-refractivity contribution in [1.29, 1.82) is 0 Å². The molecule has 0 spiro atoms. The van der Waals surface area contributed by atoms with Crippen molar-refractivity contribution in [3.05, 3.63) is 66.6 Å². The summed E-state index contributed by atoms with van der Waals surface area (Å²) < 4.78 is 0. The molecular formula is C20H20N6O. The summed E-state index contributed by atoms with van der Waals surface area (Å²) in [7, 11) is 0. The average Bonchev–Trinajstić information content (AvgIpc) is 3.33. The Morgan fingerprint density at radius 3 is 2.67 bits per heavy atom. The molecule has 2 heterocycles. The van der Waals surface area contributed by atoms with Crippen molar-refractivity contribution in [3.8, 4) is 11.1 Å². The van der Waals surface area contributed by atoms with E-state index in [-0.39, 0.29) is 12.5 Å². The van der Waals surface area contributed by atoms with Crippen molar-refractivity contribution >= 4 is 28.2 Å². The molecule has 0 aliphatic carbocycles. The van der Waals surface area contributed by atoms with Gasteiger partial charge in [0, 0.05) is 41.1 Å².